The molecule has 0 spiro atoms. The highest BCUT2D eigenvalue weighted by Gasteiger charge is 2.43. The molecular weight excluding hydrogens is 687 g/mol. The molecule has 294 valence electrons. The minimum absolute atomic E-state index is 0.0194. The number of aliphatic carboxylic acids is 1. The van der Waals surface area contributed by atoms with Crippen LogP contribution >= 0.6 is 12.6 Å². The van der Waals surface area contributed by atoms with E-state index in [1.165, 1.54) is 14.2 Å². The molecule has 0 saturated carbocycles. The molecule has 1 heterocycles. The van der Waals surface area contributed by atoms with Crippen LogP contribution in [0.25, 0.3) is 0 Å². The van der Waals surface area contributed by atoms with E-state index in [1.807, 2.05) is 77.0 Å². The van der Waals surface area contributed by atoms with Crippen molar-refractivity contribution in [1.29, 1.82) is 0 Å². The number of amides is 4. The first-order valence-corrected chi connectivity index (χ1v) is 18.9. The number of nitrogens with one attached hydrogen (secondary N) is 2. The Morgan fingerprint density at radius 1 is 0.962 bits per heavy atom. The van der Waals surface area contributed by atoms with Crippen molar-refractivity contribution in [2.75, 3.05) is 47.7 Å². The fraction of sp³-hybridized carbons (Fsp3) is 0.711. The molecule has 1 unspecified atom stereocenters. The van der Waals surface area contributed by atoms with Crippen LogP contribution in [-0.2, 0) is 39.9 Å². The summed E-state index contributed by atoms with van der Waals surface area (Å²) in [7, 11) is 8.33. The van der Waals surface area contributed by atoms with Crippen molar-refractivity contribution in [3.63, 3.8) is 0 Å². The van der Waals surface area contributed by atoms with Crippen molar-refractivity contribution >= 4 is 42.2 Å². The van der Waals surface area contributed by atoms with Crippen LogP contribution in [0.2, 0.25) is 0 Å². The molecule has 3 N–H and O–H groups in total. The molecule has 9 atom stereocenters. The number of benzene rings is 1. The van der Waals surface area contributed by atoms with Crippen molar-refractivity contribution in [1.82, 2.24) is 25.3 Å². The van der Waals surface area contributed by atoms with Crippen LogP contribution in [0.4, 0.5) is 0 Å². The molecule has 0 bridgehead atoms. The maximum Gasteiger partial charge on any atom is 0.326 e. The Morgan fingerprint density at radius 3 is 2.08 bits per heavy atom. The van der Waals surface area contributed by atoms with Gasteiger partial charge in [-0.3, -0.25) is 24.1 Å². The zero-order chi connectivity index (χ0) is 39.3. The Labute approximate surface area is 315 Å². The number of likely N-dealkylation sites (N-methyl/N-ethyl adjacent to an activating group) is 2. The number of methoxy groups -OCH3 is 2. The van der Waals surface area contributed by atoms with E-state index in [-0.39, 0.29) is 48.2 Å². The van der Waals surface area contributed by atoms with Crippen LogP contribution in [0.3, 0.4) is 0 Å². The average molecular weight is 750 g/mol. The molecule has 1 aromatic rings. The summed E-state index contributed by atoms with van der Waals surface area (Å²) in [6.45, 7) is 10.0. The van der Waals surface area contributed by atoms with Crippen LogP contribution < -0.4 is 10.6 Å². The number of thiol groups is 1. The Hall–Kier alpha value is -3.20. The van der Waals surface area contributed by atoms with E-state index in [0.29, 0.717) is 25.8 Å². The maximum absolute atomic E-state index is 14.1. The van der Waals surface area contributed by atoms with Gasteiger partial charge in [-0.15, -0.1) is 0 Å². The minimum Gasteiger partial charge on any atom is -0.480 e. The second-order valence-electron chi connectivity index (χ2n) is 14.6. The number of nitrogens with zero attached hydrogens (tertiary/aromatic N) is 3. The highest BCUT2D eigenvalue weighted by Crippen LogP contribution is 2.29. The summed E-state index contributed by atoms with van der Waals surface area (Å²) >= 11 is 4.41. The van der Waals surface area contributed by atoms with E-state index >= 15 is 0 Å². The molecule has 0 radical (unpaired) electrons. The van der Waals surface area contributed by atoms with Gasteiger partial charge in [-0.1, -0.05) is 71.4 Å². The quantitative estimate of drug-likeness (QED) is 0.139. The molecule has 1 aliphatic heterocycles. The zero-order valence-corrected chi connectivity index (χ0v) is 33.6. The Balaban J connectivity index is 2.24. The van der Waals surface area contributed by atoms with Crippen LogP contribution in [-0.4, -0.2) is 139 Å². The number of likely N-dealkylation sites (tertiary alicyclic amines) is 1. The van der Waals surface area contributed by atoms with E-state index in [1.54, 1.807) is 23.8 Å². The van der Waals surface area contributed by atoms with Crippen LogP contribution in [0.5, 0.6) is 0 Å². The molecule has 1 saturated heterocycles. The van der Waals surface area contributed by atoms with Gasteiger partial charge in [-0.2, -0.15) is 12.6 Å². The third kappa shape index (κ3) is 11.9. The minimum atomic E-state index is -1.14. The van der Waals surface area contributed by atoms with Crippen molar-refractivity contribution in [3.8, 4) is 0 Å². The van der Waals surface area contributed by atoms with Crippen molar-refractivity contribution in [3.05, 3.63) is 35.9 Å². The Bertz CT molecular complexity index is 1310. The fourth-order valence-corrected chi connectivity index (χ4v) is 7.73. The van der Waals surface area contributed by atoms with E-state index in [0.717, 1.165) is 5.56 Å². The van der Waals surface area contributed by atoms with Crippen molar-refractivity contribution < 1.29 is 38.6 Å². The molecule has 13 nitrogen and oxygen atoms in total. The summed E-state index contributed by atoms with van der Waals surface area (Å²) in [5, 5.41) is 15.4. The third-order valence-electron chi connectivity index (χ3n) is 10.4. The molecular formula is C38H63N5O8S. The van der Waals surface area contributed by atoms with Gasteiger partial charge in [0.05, 0.1) is 42.7 Å². The predicted octanol–water partition coefficient (Wildman–Crippen LogP) is 2.72. The third-order valence-corrected chi connectivity index (χ3v) is 10.8. The van der Waals surface area contributed by atoms with Gasteiger partial charge in [0.25, 0.3) is 0 Å². The number of hydrogen-bond acceptors (Lipinski definition) is 9. The second-order valence-corrected chi connectivity index (χ2v) is 14.9. The monoisotopic (exact) mass is 749 g/mol. The fourth-order valence-electron chi connectivity index (χ4n) is 7.48. The molecule has 14 heteroatoms. The lowest BCUT2D eigenvalue weighted by molar-refractivity contribution is -0.147. The zero-order valence-electron chi connectivity index (χ0n) is 32.7. The number of carbonyl (C=O) groups excluding carboxylic acids is 4. The number of ether oxygens (including phenoxy) is 2. The molecule has 1 aliphatic rings. The van der Waals surface area contributed by atoms with Gasteiger partial charge in [0, 0.05) is 40.0 Å². The molecule has 1 aromatic carbocycles. The highest BCUT2D eigenvalue weighted by molar-refractivity contribution is 7.80. The van der Waals surface area contributed by atoms with Gasteiger partial charge in [0.1, 0.15) is 12.1 Å². The molecule has 0 aromatic heterocycles. The normalized spacial score (nSPS) is 19.2. The average Bonchev–Trinajstić information content (AvgIpc) is 3.59. The lowest BCUT2D eigenvalue weighted by Gasteiger charge is -2.40. The first-order chi connectivity index (χ1) is 24.5. The standard InChI is InChI=1S/C38H63N5O8S/c1-11-24(4)33(42(8)37(47)28(22-52)40-36(46)32(23(2)3)41(6)7)30(50-9)21-31(44)43-19-15-18-29(43)34(51-10)25(5)35(45)39-27(38(48)49)20-26-16-13-12-14-17-26/h12-14,16-17,23-25,27-30,32-34,52H,11,15,18-22H2,1-10H3,(H,39,45)(H,40,46)(H,48,49)/t24-,25+,27-,28-,29-,30+,32?,33-,34+/m0/s1. The van der Waals surface area contributed by atoms with E-state index < -0.39 is 60.2 Å². The SMILES string of the molecule is CC[C@H](C)[C@@H]([C@@H](CC(=O)N1CCC[C@H]1[C@H](OC)[C@@H](C)C(=O)N[C@@H](Cc1ccccc1)C(=O)O)OC)N(C)C(=O)[C@H](CS)NC(=O)C(C(C)C)N(C)C. The Kier molecular flexibility index (Phi) is 18.6. The van der Waals surface area contributed by atoms with Crippen LogP contribution in [0.15, 0.2) is 30.3 Å². The second kappa shape index (κ2) is 21.5. The van der Waals surface area contributed by atoms with E-state index in [2.05, 4.69) is 23.3 Å². The van der Waals surface area contributed by atoms with E-state index in [9.17, 15) is 29.1 Å². The molecule has 4 amide bonds. The smallest absolute Gasteiger partial charge is 0.326 e. The number of carboxylic acid groups (broad SMARTS) is 1. The molecule has 0 aliphatic carbocycles. The summed E-state index contributed by atoms with van der Waals surface area (Å²) in [6, 6.07) is 5.72. The van der Waals surface area contributed by atoms with Gasteiger partial charge in [0.2, 0.25) is 23.6 Å². The number of carbonyl (C=O) groups is 5. The summed E-state index contributed by atoms with van der Waals surface area (Å²) < 4.78 is 11.8. The molecule has 2 rings (SSSR count). The summed E-state index contributed by atoms with van der Waals surface area (Å²) in [5.74, 6) is -3.10. The number of rotatable bonds is 21. The molecule has 52 heavy (non-hydrogen) atoms. The summed E-state index contributed by atoms with van der Waals surface area (Å²) in [6.07, 6.45) is 0.754. The maximum atomic E-state index is 14.1. The largest absolute Gasteiger partial charge is 0.480 e. The van der Waals surface area contributed by atoms with Gasteiger partial charge in [0.15, 0.2) is 0 Å². The lowest BCUT2D eigenvalue weighted by Crippen LogP contribution is -2.59. The summed E-state index contributed by atoms with van der Waals surface area (Å²) in [4.78, 5) is 71.9. The lowest BCUT2D eigenvalue weighted by atomic mass is 9.90. The van der Waals surface area contributed by atoms with Crippen LogP contribution in [0.1, 0.15) is 65.9 Å². The predicted molar refractivity (Wildman–Crippen MR) is 204 cm³/mol. The number of carboxylic acids is 1. The van der Waals surface area contributed by atoms with Gasteiger partial charge in [-0.25, -0.2) is 4.79 Å². The highest BCUT2D eigenvalue weighted by atomic mass is 32.1. The van der Waals surface area contributed by atoms with Gasteiger partial charge < -0.3 is 35.0 Å². The topological polar surface area (TPSA) is 158 Å². The van der Waals surface area contributed by atoms with Crippen molar-refractivity contribution in [2.24, 2.45) is 17.8 Å². The molecule has 1 fully saturated rings. The van der Waals surface area contributed by atoms with Crippen LogP contribution in [0, 0.1) is 17.8 Å². The van der Waals surface area contributed by atoms with Gasteiger partial charge >= 0.3 is 5.97 Å². The number of hydrogen-bond donors (Lipinski definition) is 4. The van der Waals surface area contributed by atoms with E-state index in [4.69, 9.17) is 9.47 Å². The first-order valence-electron chi connectivity index (χ1n) is 18.3. The van der Waals surface area contributed by atoms with Gasteiger partial charge in [-0.05, 0) is 44.3 Å². The first kappa shape index (κ1) is 45.0. The van der Waals surface area contributed by atoms with Crippen molar-refractivity contribution in [2.45, 2.75) is 109 Å². The summed E-state index contributed by atoms with van der Waals surface area (Å²) in [5.41, 5.74) is 0.782. The Morgan fingerprint density at radius 2 is 1.58 bits per heavy atom.